The van der Waals surface area contributed by atoms with Crippen molar-refractivity contribution in [1.82, 2.24) is 4.98 Å². The highest BCUT2D eigenvalue weighted by molar-refractivity contribution is 5.85. The maximum atomic E-state index is 15.4. The summed E-state index contributed by atoms with van der Waals surface area (Å²) in [6, 6.07) is 23.7. The molecule has 0 spiro atoms. The fraction of sp³-hybridized carbons (Fsp3) is 0.103. The summed E-state index contributed by atoms with van der Waals surface area (Å²) in [5.41, 5.74) is 4.64. The summed E-state index contributed by atoms with van der Waals surface area (Å²) in [5, 5.41) is 8.95. The van der Waals surface area contributed by atoms with E-state index >= 15 is 4.39 Å². The third kappa shape index (κ3) is 5.92. The molecule has 1 atom stereocenters. The normalized spacial score (nSPS) is 12.3. The van der Waals surface area contributed by atoms with Crippen molar-refractivity contribution in [2.24, 2.45) is 0 Å². The van der Waals surface area contributed by atoms with Gasteiger partial charge in [-0.1, -0.05) is 42.5 Å². The van der Waals surface area contributed by atoms with E-state index in [1.165, 1.54) is 18.3 Å². The Balaban J connectivity index is 1.71. The van der Waals surface area contributed by atoms with Crippen LogP contribution in [0.15, 0.2) is 97.3 Å². The average Bonchev–Trinajstić information content (AvgIpc) is 2.88. The van der Waals surface area contributed by atoms with Gasteiger partial charge in [0.15, 0.2) is 0 Å². The number of benzene rings is 3. The van der Waals surface area contributed by atoms with E-state index in [2.05, 4.69) is 4.98 Å². The molecule has 1 N–H and O–H groups in total. The highest BCUT2D eigenvalue weighted by Crippen LogP contribution is 2.30. The Hall–Kier alpha value is -4.45. The van der Waals surface area contributed by atoms with Crippen molar-refractivity contribution in [3.05, 3.63) is 114 Å². The van der Waals surface area contributed by atoms with Crippen LogP contribution in [0.2, 0.25) is 0 Å². The highest BCUT2D eigenvalue weighted by atomic mass is 19.1. The molecule has 35 heavy (non-hydrogen) atoms. The molecule has 6 heteroatoms. The number of carbonyl (C=O) groups is 1. The first-order valence-electron chi connectivity index (χ1n) is 11.6. The van der Waals surface area contributed by atoms with Gasteiger partial charge < -0.3 is 14.9 Å². The highest BCUT2D eigenvalue weighted by Gasteiger charge is 2.14. The van der Waals surface area contributed by atoms with E-state index in [0.717, 1.165) is 22.9 Å². The Kier molecular flexibility index (Phi) is 6.80. The lowest BCUT2D eigenvalue weighted by Gasteiger charge is -2.25. The molecule has 0 aliphatic carbocycles. The Labute approximate surface area is 205 Å². The molecule has 0 aliphatic heterocycles. The second-order valence-corrected chi connectivity index (χ2v) is 8.16. The van der Waals surface area contributed by atoms with Crippen LogP contribution in [0.3, 0.4) is 0 Å². The van der Waals surface area contributed by atoms with E-state index in [1.54, 1.807) is 23.2 Å². The van der Waals surface area contributed by atoms with E-state index < -0.39 is 18.3 Å². The van der Waals surface area contributed by atoms with Gasteiger partial charge in [-0.3, -0.25) is 4.98 Å². The lowest BCUT2D eigenvalue weighted by molar-refractivity contribution is -0.131. The van der Waals surface area contributed by atoms with Crippen molar-refractivity contribution in [1.29, 1.82) is 0 Å². The quantitative estimate of drug-likeness (QED) is 0.304. The van der Waals surface area contributed by atoms with Crippen LogP contribution in [0, 0.1) is 5.82 Å². The van der Waals surface area contributed by atoms with Crippen LogP contribution < -0.4 is 9.80 Å². The number of para-hydroxylation sites is 1. The SMILES string of the molecule is [2H]C(c1ccc(-c2ccc(N(C)C)cc2)cc1F)N(c1ccccc1)c1cncc(/C=C/C(=O)O)c1. The van der Waals surface area contributed by atoms with Crippen LogP contribution in [0.1, 0.15) is 12.5 Å². The number of aromatic nitrogens is 1. The minimum absolute atomic E-state index is 0.207. The number of carboxylic acids is 1. The number of hydrogen-bond acceptors (Lipinski definition) is 4. The number of halogens is 1. The van der Waals surface area contributed by atoms with E-state index in [-0.39, 0.29) is 5.56 Å². The number of carboxylic acid groups (broad SMARTS) is 1. The first-order valence-corrected chi connectivity index (χ1v) is 11.0. The van der Waals surface area contributed by atoms with E-state index in [9.17, 15) is 4.79 Å². The standard InChI is InChI=1S/C29H26FN3O2/c1-32(2)25-13-11-22(12-14-25)23-9-10-24(28(30)17-23)20-33(26-6-4-3-5-7-26)27-16-21(18-31-19-27)8-15-29(34)35/h3-19H,20H2,1-2H3,(H,34,35)/b15-8+/i20D. The van der Waals surface area contributed by atoms with Gasteiger partial charge in [-0.05, 0) is 59.2 Å². The molecule has 0 amide bonds. The molecule has 1 heterocycles. The number of pyridine rings is 1. The maximum absolute atomic E-state index is 15.4. The molecule has 1 unspecified atom stereocenters. The van der Waals surface area contributed by atoms with Gasteiger partial charge in [0.05, 0.1) is 19.8 Å². The van der Waals surface area contributed by atoms with Gasteiger partial charge in [0.1, 0.15) is 5.82 Å². The Morgan fingerprint density at radius 2 is 1.66 bits per heavy atom. The fourth-order valence-electron chi connectivity index (χ4n) is 3.62. The fourth-order valence-corrected chi connectivity index (χ4v) is 3.62. The minimum Gasteiger partial charge on any atom is -0.478 e. The zero-order valence-electron chi connectivity index (χ0n) is 20.5. The third-order valence-electron chi connectivity index (χ3n) is 5.46. The molecule has 0 radical (unpaired) electrons. The van der Waals surface area contributed by atoms with Crippen molar-refractivity contribution >= 4 is 29.1 Å². The molecule has 0 bridgehead atoms. The molecular weight excluding hydrogens is 441 g/mol. The lowest BCUT2D eigenvalue weighted by Crippen LogP contribution is -2.17. The molecular formula is C29H26FN3O2. The van der Waals surface area contributed by atoms with Crippen LogP contribution >= 0.6 is 0 Å². The van der Waals surface area contributed by atoms with E-state index in [1.807, 2.05) is 79.7 Å². The Morgan fingerprint density at radius 1 is 0.943 bits per heavy atom. The van der Waals surface area contributed by atoms with Gasteiger partial charge in [-0.15, -0.1) is 0 Å². The van der Waals surface area contributed by atoms with Gasteiger partial charge in [0.25, 0.3) is 0 Å². The third-order valence-corrected chi connectivity index (χ3v) is 5.46. The molecule has 4 rings (SSSR count). The Morgan fingerprint density at radius 3 is 2.31 bits per heavy atom. The monoisotopic (exact) mass is 468 g/mol. The second-order valence-electron chi connectivity index (χ2n) is 8.16. The number of nitrogens with zero attached hydrogens (tertiary/aromatic N) is 3. The topological polar surface area (TPSA) is 56.7 Å². The summed E-state index contributed by atoms with van der Waals surface area (Å²) in [6.07, 6.45) is 5.56. The van der Waals surface area contributed by atoms with Crippen molar-refractivity contribution in [2.45, 2.75) is 6.52 Å². The van der Waals surface area contributed by atoms with E-state index in [4.69, 9.17) is 6.48 Å². The molecule has 3 aromatic carbocycles. The van der Waals surface area contributed by atoms with Crippen molar-refractivity contribution in [2.75, 3.05) is 23.9 Å². The summed E-state index contributed by atoms with van der Waals surface area (Å²) < 4.78 is 24.4. The number of hydrogen-bond donors (Lipinski definition) is 1. The molecule has 4 aromatic rings. The van der Waals surface area contributed by atoms with E-state index in [0.29, 0.717) is 16.9 Å². The van der Waals surface area contributed by atoms with Crippen LogP contribution in [0.5, 0.6) is 0 Å². The molecule has 0 saturated heterocycles. The van der Waals surface area contributed by atoms with Crippen LogP contribution in [-0.4, -0.2) is 30.2 Å². The average molecular weight is 469 g/mol. The second kappa shape index (κ2) is 10.7. The Bertz CT molecular complexity index is 1380. The van der Waals surface area contributed by atoms with Gasteiger partial charge in [-0.2, -0.15) is 0 Å². The summed E-state index contributed by atoms with van der Waals surface area (Å²) in [4.78, 5) is 18.8. The van der Waals surface area contributed by atoms with Crippen LogP contribution in [0.4, 0.5) is 21.5 Å². The summed E-state index contributed by atoms with van der Waals surface area (Å²) in [5.74, 6) is -1.56. The molecule has 0 saturated carbocycles. The predicted octanol–water partition coefficient (Wildman–Crippen LogP) is 6.39. The number of rotatable bonds is 8. The van der Waals surface area contributed by atoms with Crippen LogP contribution in [0.25, 0.3) is 17.2 Å². The zero-order valence-corrected chi connectivity index (χ0v) is 19.5. The first kappa shape index (κ1) is 22.3. The smallest absolute Gasteiger partial charge is 0.328 e. The summed E-state index contributed by atoms with van der Waals surface area (Å²) in [6.45, 7) is -1.11. The number of anilines is 3. The zero-order chi connectivity index (χ0) is 25.7. The van der Waals surface area contributed by atoms with Gasteiger partial charge >= 0.3 is 5.97 Å². The molecule has 0 aliphatic rings. The van der Waals surface area contributed by atoms with Gasteiger partial charge in [0, 0.05) is 43.3 Å². The van der Waals surface area contributed by atoms with Gasteiger partial charge in [-0.25, -0.2) is 9.18 Å². The van der Waals surface area contributed by atoms with Crippen molar-refractivity contribution in [3.63, 3.8) is 0 Å². The first-order chi connectivity index (χ1) is 17.3. The lowest BCUT2D eigenvalue weighted by atomic mass is 10.0. The minimum atomic E-state index is -1.11. The van der Waals surface area contributed by atoms with Crippen molar-refractivity contribution < 1.29 is 15.7 Å². The number of aliphatic carboxylic acids is 1. The van der Waals surface area contributed by atoms with Crippen LogP contribution in [-0.2, 0) is 11.3 Å². The molecule has 5 nitrogen and oxygen atoms in total. The molecule has 0 fully saturated rings. The van der Waals surface area contributed by atoms with Crippen molar-refractivity contribution in [3.8, 4) is 11.1 Å². The maximum Gasteiger partial charge on any atom is 0.328 e. The molecule has 176 valence electrons. The molecule has 1 aromatic heterocycles. The summed E-state index contributed by atoms with van der Waals surface area (Å²) >= 11 is 0. The predicted molar refractivity (Wildman–Crippen MR) is 139 cm³/mol. The van der Waals surface area contributed by atoms with Gasteiger partial charge in [0.2, 0.25) is 0 Å². The summed E-state index contributed by atoms with van der Waals surface area (Å²) in [7, 11) is 3.92. The largest absolute Gasteiger partial charge is 0.478 e.